The normalized spacial score (nSPS) is 20.5. The molecule has 0 bridgehead atoms. The third-order valence-electron chi connectivity index (χ3n) is 5.11. The van der Waals surface area contributed by atoms with Crippen molar-refractivity contribution in [3.8, 4) is 0 Å². The third kappa shape index (κ3) is 5.23. The van der Waals surface area contributed by atoms with Crippen molar-refractivity contribution < 1.29 is 0 Å². The molecule has 0 amide bonds. The maximum absolute atomic E-state index is 12.3. The minimum Gasteiger partial charge on any atom is -0.357 e. The highest BCUT2D eigenvalue weighted by atomic mass is 127. The van der Waals surface area contributed by atoms with E-state index in [0.29, 0.717) is 6.54 Å². The van der Waals surface area contributed by atoms with Gasteiger partial charge in [0.05, 0.1) is 0 Å². The van der Waals surface area contributed by atoms with Gasteiger partial charge in [-0.15, -0.1) is 24.0 Å². The zero-order valence-corrected chi connectivity index (χ0v) is 18.4. The Morgan fingerprint density at radius 1 is 1.31 bits per heavy atom. The molecule has 0 aromatic carbocycles. The molecule has 3 heterocycles. The zero-order chi connectivity index (χ0) is 17.6. The van der Waals surface area contributed by atoms with Gasteiger partial charge in [-0.3, -0.25) is 9.56 Å². The summed E-state index contributed by atoms with van der Waals surface area (Å²) < 4.78 is 3.47. The summed E-state index contributed by atoms with van der Waals surface area (Å²) in [6.45, 7) is 9.67. The number of piperidine rings is 1. The van der Waals surface area contributed by atoms with Gasteiger partial charge in [-0.05, 0) is 44.9 Å². The molecular weight excluding hydrogens is 443 g/mol. The van der Waals surface area contributed by atoms with Gasteiger partial charge in [0.2, 0.25) is 0 Å². The average molecular weight is 476 g/mol. The molecule has 0 aliphatic carbocycles. The van der Waals surface area contributed by atoms with Crippen molar-refractivity contribution in [3.63, 3.8) is 0 Å². The molecule has 148 valence electrons. The quantitative estimate of drug-likeness (QED) is 0.306. The Morgan fingerprint density at radius 3 is 2.88 bits per heavy atom. The lowest BCUT2D eigenvalue weighted by Crippen LogP contribution is -2.46. The standard InChI is InChI=1S/C18H32N6O.HI/c1-3-19-17(22-11-6-8-15(2)14-22)20-10-7-13-24-18(25)23-12-5-4-9-16(23)21-24;/h15H,3-14H2,1-2H3,(H,19,20);1H. The monoisotopic (exact) mass is 476 g/mol. The smallest absolute Gasteiger partial charge is 0.345 e. The Hall–Kier alpha value is -1.06. The van der Waals surface area contributed by atoms with Crippen LogP contribution >= 0.6 is 24.0 Å². The Morgan fingerprint density at radius 2 is 2.15 bits per heavy atom. The Bertz CT molecular complexity index is 653. The minimum absolute atomic E-state index is 0. The van der Waals surface area contributed by atoms with Gasteiger partial charge in [-0.25, -0.2) is 9.48 Å². The van der Waals surface area contributed by atoms with Crippen LogP contribution in [-0.4, -0.2) is 51.4 Å². The number of likely N-dealkylation sites (tertiary alicyclic amines) is 1. The number of nitrogens with zero attached hydrogens (tertiary/aromatic N) is 5. The van der Waals surface area contributed by atoms with Crippen LogP contribution < -0.4 is 11.0 Å². The van der Waals surface area contributed by atoms with Crippen LogP contribution in [0.15, 0.2) is 9.79 Å². The molecule has 1 N–H and O–H groups in total. The summed E-state index contributed by atoms with van der Waals surface area (Å²) in [6.07, 6.45) is 6.54. The SMILES string of the molecule is CCNC(=NCCCn1nc2n(c1=O)CCCC2)N1CCCC(C)C1.I. The first-order valence-electron chi connectivity index (χ1n) is 9.88. The van der Waals surface area contributed by atoms with Crippen molar-refractivity contribution in [1.82, 2.24) is 24.6 Å². The summed E-state index contributed by atoms with van der Waals surface area (Å²) in [4.78, 5) is 19.5. The van der Waals surface area contributed by atoms with Crippen LogP contribution in [0, 0.1) is 5.92 Å². The van der Waals surface area contributed by atoms with Gasteiger partial charge in [0.15, 0.2) is 5.96 Å². The molecule has 1 atom stereocenters. The van der Waals surface area contributed by atoms with Gasteiger partial charge in [0.1, 0.15) is 5.82 Å². The lowest BCUT2D eigenvalue weighted by molar-refractivity contribution is 0.266. The number of rotatable bonds is 5. The summed E-state index contributed by atoms with van der Waals surface area (Å²) in [7, 11) is 0. The van der Waals surface area contributed by atoms with Crippen molar-refractivity contribution in [1.29, 1.82) is 0 Å². The van der Waals surface area contributed by atoms with E-state index < -0.39 is 0 Å². The Kier molecular flexibility index (Phi) is 8.43. The molecule has 1 aromatic rings. The van der Waals surface area contributed by atoms with E-state index in [1.807, 2.05) is 4.57 Å². The zero-order valence-electron chi connectivity index (χ0n) is 16.1. The van der Waals surface area contributed by atoms with Crippen LogP contribution in [0.1, 0.15) is 51.8 Å². The predicted octanol–water partition coefficient (Wildman–Crippen LogP) is 2.09. The minimum atomic E-state index is 0. The van der Waals surface area contributed by atoms with Crippen molar-refractivity contribution in [2.75, 3.05) is 26.2 Å². The number of guanidine groups is 1. The van der Waals surface area contributed by atoms with Crippen molar-refractivity contribution in [2.45, 2.75) is 65.5 Å². The fourth-order valence-electron chi connectivity index (χ4n) is 3.81. The van der Waals surface area contributed by atoms with E-state index in [2.05, 4.69) is 29.2 Å². The molecule has 0 radical (unpaired) electrons. The molecular formula is C18H33IN6O. The molecule has 1 aromatic heterocycles. The van der Waals surface area contributed by atoms with Crippen molar-refractivity contribution in [2.24, 2.45) is 10.9 Å². The molecule has 26 heavy (non-hydrogen) atoms. The third-order valence-corrected chi connectivity index (χ3v) is 5.11. The summed E-state index contributed by atoms with van der Waals surface area (Å²) in [5.74, 6) is 2.70. The highest BCUT2D eigenvalue weighted by molar-refractivity contribution is 14.0. The topological polar surface area (TPSA) is 67.5 Å². The number of halogens is 1. The van der Waals surface area contributed by atoms with Crippen LogP contribution in [-0.2, 0) is 19.5 Å². The van der Waals surface area contributed by atoms with E-state index in [1.165, 1.54) is 12.8 Å². The van der Waals surface area contributed by atoms with E-state index in [9.17, 15) is 4.79 Å². The van der Waals surface area contributed by atoms with Gasteiger partial charge in [-0.2, -0.15) is 5.10 Å². The molecule has 2 aliphatic heterocycles. The van der Waals surface area contributed by atoms with Crippen molar-refractivity contribution >= 4 is 29.9 Å². The molecule has 0 spiro atoms. The summed E-state index contributed by atoms with van der Waals surface area (Å²) >= 11 is 0. The average Bonchev–Trinajstić information content (AvgIpc) is 2.94. The van der Waals surface area contributed by atoms with E-state index in [-0.39, 0.29) is 29.7 Å². The largest absolute Gasteiger partial charge is 0.357 e. The number of nitrogens with one attached hydrogen (secondary N) is 1. The Balaban J connectivity index is 0.00000243. The maximum Gasteiger partial charge on any atom is 0.345 e. The fourth-order valence-corrected chi connectivity index (χ4v) is 3.81. The molecule has 0 saturated carbocycles. The van der Waals surface area contributed by atoms with E-state index in [1.54, 1.807) is 4.68 Å². The highest BCUT2D eigenvalue weighted by Gasteiger charge is 2.19. The summed E-state index contributed by atoms with van der Waals surface area (Å²) in [5.41, 5.74) is 0.0513. The number of aliphatic imine (C=N–C) groups is 1. The fraction of sp³-hybridized carbons (Fsp3) is 0.833. The van der Waals surface area contributed by atoms with Crippen LogP contribution in [0.3, 0.4) is 0 Å². The number of hydrogen-bond donors (Lipinski definition) is 1. The van der Waals surface area contributed by atoms with Gasteiger partial charge in [0.25, 0.3) is 0 Å². The molecule has 1 fully saturated rings. The molecule has 2 aliphatic rings. The summed E-state index contributed by atoms with van der Waals surface area (Å²) in [5, 5.41) is 7.91. The molecule has 7 nitrogen and oxygen atoms in total. The van der Waals surface area contributed by atoms with Gasteiger partial charge in [-0.1, -0.05) is 6.92 Å². The van der Waals surface area contributed by atoms with Crippen LogP contribution in [0.4, 0.5) is 0 Å². The lowest BCUT2D eigenvalue weighted by Gasteiger charge is -2.33. The van der Waals surface area contributed by atoms with Crippen LogP contribution in [0.5, 0.6) is 0 Å². The summed E-state index contributed by atoms with van der Waals surface area (Å²) in [6, 6.07) is 0. The number of aryl methyl sites for hydroxylation is 2. The van der Waals surface area contributed by atoms with Gasteiger partial charge in [0, 0.05) is 45.7 Å². The molecule has 3 rings (SSSR count). The Labute approximate surface area is 173 Å². The molecule has 8 heteroatoms. The van der Waals surface area contributed by atoms with E-state index in [4.69, 9.17) is 4.99 Å². The number of aromatic nitrogens is 3. The lowest BCUT2D eigenvalue weighted by atomic mass is 10.0. The molecule has 1 saturated heterocycles. The van der Waals surface area contributed by atoms with E-state index >= 15 is 0 Å². The van der Waals surface area contributed by atoms with Gasteiger partial charge < -0.3 is 10.2 Å². The second-order valence-corrected chi connectivity index (χ2v) is 7.31. The highest BCUT2D eigenvalue weighted by Crippen LogP contribution is 2.15. The number of fused-ring (bicyclic) bond motifs is 1. The first kappa shape index (κ1) is 21.2. The van der Waals surface area contributed by atoms with Crippen LogP contribution in [0.25, 0.3) is 0 Å². The first-order chi connectivity index (χ1) is 12.2. The van der Waals surface area contributed by atoms with Crippen LogP contribution in [0.2, 0.25) is 0 Å². The molecule has 1 unspecified atom stereocenters. The van der Waals surface area contributed by atoms with E-state index in [0.717, 1.165) is 76.1 Å². The second-order valence-electron chi connectivity index (χ2n) is 7.31. The van der Waals surface area contributed by atoms with Crippen molar-refractivity contribution in [3.05, 3.63) is 16.3 Å². The maximum atomic E-state index is 12.3. The first-order valence-corrected chi connectivity index (χ1v) is 9.88. The van der Waals surface area contributed by atoms with Gasteiger partial charge >= 0.3 is 5.69 Å². The number of hydrogen-bond acceptors (Lipinski definition) is 3. The second kappa shape index (κ2) is 10.3. The predicted molar refractivity (Wildman–Crippen MR) is 115 cm³/mol.